The number of ether oxygens (including phenoxy) is 1. The summed E-state index contributed by atoms with van der Waals surface area (Å²) in [6, 6.07) is 12.5. The minimum absolute atomic E-state index is 0.679. The molecule has 0 radical (unpaired) electrons. The first-order chi connectivity index (χ1) is 12.4. The Balaban J connectivity index is 2.13. The van der Waals surface area contributed by atoms with Crippen molar-refractivity contribution in [2.75, 3.05) is 24.7 Å². The largest absolute Gasteiger partial charge is 0.377 e. The smallest absolute Gasteiger partial charge is 0.123 e. The number of aromatic nitrogens is 3. The number of halogens is 1. The maximum absolute atomic E-state index is 5.82. The molecule has 0 saturated carbocycles. The molecule has 0 bridgehead atoms. The lowest BCUT2D eigenvalue weighted by Gasteiger charge is -2.26. The number of hydrogen-bond acceptors (Lipinski definition) is 4. The van der Waals surface area contributed by atoms with E-state index in [1.807, 2.05) is 55.4 Å². The molecule has 0 saturated heterocycles. The standard InChI is InChI=1S/C19H20BrN3OP/c20-7-11-24-12-13-25(17-4-1-8-21-14-17,18-5-2-9-22-15-18)19-6-3-10-23-16-19/h1-6,8-10,14-16H,7,11-13H2/q+1/i20-4. The van der Waals surface area contributed by atoms with Gasteiger partial charge in [0.15, 0.2) is 0 Å². The third-order valence-electron chi connectivity index (χ3n) is 4.05. The fraction of sp³-hybridized carbons (Fsp3) is 0.211. The van der Waals surface area contributed by atoms with Gasteiger partial charge in [0.1, 0.15) is 23.2 Å². The second-order valence-corrected chi connectivity index (χ2v) is 9.88. The van der Waals surface area contributed by atoms with Gasteiger partial charge in [0.25, 0.3) is 0 Å². The summed E-state index contributed by atoms with van der Waals surface area (Å²) < 4.78 is 5.82. The van der Waals surface area contributed by atoms with Gasteiger partial charge in [-0.05, 0) is 36.4 Å². The van der Waals surface area contributed by atoms with E-state index in [1.165, 1.54) is 15.9 Å². The van der Waals surface area contributed by atoms with Crippen LogP contribution in [0.2, 0.25) is 0 Å². The summed E-state index contributed by atoms with van der Waals surface area (Å²) in [5, 5.41) is 4.50. The minimum Gasteiger partial charge on any atom is -0.377 e. The molecule has 6 heteroatoms. The van der Waals surface area contributed by atoms with Gasteiger partial charge in [-0.1, -0.05) is 15.9 Å². The molecule has 0 aliphatic carbocycles. The Morgan fingerprint density at radius 2 is 1.24 bits per heavy atom. The Kier molecular flexibility index (Phi) is 6.62. The third kappa shape index (κ3) is 4.12. The third-order valence-corrected chi connectivity index (χ3v) is 8.67. The van der Waals surface area contributed by atoms with Crippen molar-refractivity contribution < 1.29 is 4.74 Å². The molecule has 0 aromatic carbocycles. The summed E-state index contributed by atoms with van der Waals surface area (Å²) in [6.07, 6.45) is 12.2. The van der Waals surface area contributed by atoms with Crippen LogP contribution < -0.4 is 15.9 Å². The first-order valence-electron chi connectivity index (χ1n) is 8.11. The highest BCUT2D eigenvalue weighted by Gasteiger charge is 2.45. The average Bonchev–Trinajstić information content (AvgIpc) is 2.70. The average molecular weight is 413 g/mol. The van der Waals surface area contributed by atoms with Gasteiger partial charge < -0.3 is 4.74 Å². The van der Waals surface area contributed by atoms with Gasteiger partial charge in [-0.25, -0.2) is 0 Å². The van der Waals surface area contributed by atoms with E-state index >= 15 is 0 Å². The van der Waals surface area contributed by atoms with Crippen LogP contribution in [-0.4, -0.2) is 39.7 Å². The molecular formula is C19H20BrN3OP+. The molecule has 3 aromatic heterocycles. The van der Waals surface area contributed by atoms with Gasteiger partial charge in [0, 0.05) is 23.9 Å². The Morgan fingerprint density at radius 3 is 1.60 bits per heavy atom. The molecule has 3 aromatic rings. The van der Waals surface area contributed by atoms with Crippen molar-refractivity contribution in [1.29, 1.82) is 0 Å². The number of pyridine rings is 3. The molecule has 3 rings (SSSR count). The molecular weight excluding hydrogens is 393 g/mol. The number of nitrogens with zero attached hydrogens (tertiary/aromatic N) is 3. The summed E-state index contributed by atoms with van der Waals surface area (Å²) in [6.45, 7) is 1.38. The molecule has 0 unspecified atom stereocenters. The van der Waals surface area contributed by atoms with Gasteiger partial charge in [-0.15, -0.1) is 0 Å². The van der Waals surface area contributed by atoms with Crippen molar-refractivity contribution >= 4 is 39.1 Å². The van der Waals surface area contributed by atoms with Crippen LogP contribution in [0.25, 0.3) is 0 Å². The van der Waals surface area contributed by atoms with Crippen molar-refractivity contribution in [1.82, 2.24) is 15.0 Å². The minimum atomic E-state index is -1.92. The van der Waals surface area contributed by atoms with E-state index in [0.717, 1.165) is 11.5 Å². The summed E-state index contributed by atoms with van der Waals surface area (Å²) in [4.78, 5) is 13.2. The van der Waals surface area contributed by atoms with Crippen LogP contribution in [0, 0.1) is 0 Å². The number of alkyl halides is 1. The molecule has 0 amide bonds. The van der Waals surface area contributed by atoms with Gasteiger partial charge in [0.05, 0.1) is 38.0 Å². The van der Waals surface area contributed by atoms with E-state index in [1.54, 1.807) is 0 Å². The van der Waals surface area contributed by atoms with Crippen molar-refractivity contribution in [2.24, 2.45) is 0 Å². The zero-order valence-electron chi connectivity index (χ0n) is 13.8. The van der Waals surface area contributed by atoms with Crippen LogP contribution in [0.15, 0.2) is 73.6 Å². The molecule has 0 aliphatic heterocycles. The molecule has 0 fully saturated rings. The van der Waals surface area contributed by atoms with Crippen LogP contribution in [0.3, 0.4) is 0 Å². The molecule has 0 atom stereocenters. The van der Waals surface area contributed by atoms with Crippen LogP contribution in [0.4, 0.5) is 0 Å². The maximum Gasteiger partial charge on any atom is 0.123 e. The van der Waals surface area contributed by atoms with Crippen LogP contribution >= 0.6 is 23.2 Å². The van der Waals surface area contributed by atoms with E-state index in [-0.39, 0.29) is 0 Å². The number of rotatable bonds is 8. The predicted octanol–water partition coefficient (Wildman–Crippen LogP) is 2.58. The summed E-state index contributed by atoms with van der Waals surface area (Å²) in [5.74, 6) is 0. The summed E-state index contributed by atoms with van der Waals surface area (Å²) >= 11 is 3.42. The zero-order chi connectivity index (χ0) is 17.4. The monoisotopic (exact) mass is 413 g/mol. The Bertz CT molecular complexity index is 663. The number of hydrogen-bond donors (Lipinski definition) is 0. The normalized spacial score (nSPS) is 11.4. The van der Waals surface area contributed by atoms with E-state index in [9.17, 15) is 0 Å². The van der Waals surface area contributed by atoms with E-state index in [4.69, 9.17) is 4.74 Å². The van der Waals surface area contributed by atoms with Crippen LogP contribution in [-0.2, 0) is 4.74 Å². The summed E-state index contributed by atoms with van der Waals surface area (Å²) in [7, 11) is -1.92. The maximum atomic E-state index is 5.82. The lowest BCUT2D eigenvalue weighted by atomic mass is 10.5. The Morgan fingerprint density at radius 1 is 0.760 bits per heavy atom. The highest BCUT2D eigenvalue weighted by atomic mass is 75.9. The van der Waals surface area contributed by atoms with Crippen molar-refractivity contribution in [2.45, 2.75) is 0 Å². The van der Waals surface area contributed by atoms with Crippen molar-refractivity contribution in [3.63, 3.8) is 0 Å². The van der Waals surface area contributed by atoms with Gasteiger partial charge in [0.2, 0.25) is 0 Å². The summed E-state index contributed by atoms with van der Waals surface area (Å²) in [5.41, 5.74) is 0. The molecule has 0 spiro atoms. The highest BCUT2D eigenvalue weighted by molar-refractivity contribution is 9.09. The highest BCUT2D eigenvalue weighted by Crippen LogP contribution is 2.54. The molecule has 128 valence electrons. The Labute approximate surface area is 157 Å². The van der Waals surface area contributed by atoms with Crippen molar-refractivity contribution in [3.05, 3.63) is 73.6 Å². The van der Waals surface area contributed by atoms with Crippen LogP contribution in [0.1, 0.15) is 0 Å². The molecule has 4 nitrogen and oxygen atoms in total. The zero-order valence-corrected chi connectivity index (χ0v) is 16.3. The molecule has 0 aliphatic rings. The second-order valence-electron chi connectivity index (χ2n) is 5.47. The fourth-order valence-corrected chi connectivity index (χ4v) is 7.05. The fourth-order valence-electron chi connectivity index (χ4n) is 2.93. The predicted molar refractivity (Wildman–Crippen MR) is 108 cm³/mol. The first-order valence-corrected chi connectivity index (χ1v) is 11.2. The lowest BCUT2D eigenvalue weighted by Crippen LogP contribution is -2.35. The lowest BCUT2D eigenvalue weighted by molar-refractivity contribution is 0.167. The van der Waals surface area contributed by atoms with E-state index in [0.29, 0.717) is 13.2 Å². The van der Waals surface area contributed by atoms with Gasteiger partial charge in [-0.2, -0.15) is 0 Å². The SMILES string of the molecule is [76Br]CCOCC[P+](c1cccnc1)(c1cccnc1)c1cccnc1. The van der Waals surface area contributed by atoms with E-state index in [2.05, 4.69) is 49.1 Å². The molecule has 25 heavy (non-hydrogen) atoms. The Hall–Kier alpha value is -1.68. The quantitative estimate of drug-likeness (QED) is 0.324. The van der Waals surface area contributed by atoms with E-state index < -0.39 is 7.26 Å². The first kappa shape index (κ1) is 18.1. The second kappa shape index (κ2) is 9.14. The molecule has 0 N–H and O–H groups in total. The van der Waals surface area contributed by atoms with Crippen LogP contribution in [0.5, 0.6) is 0 Å². The topological polar surface area (TPSA) is 47.9 Å². The van der Waals surface area contributed by atoms with Gasteiger partial charge in [-0.3, -0.25) is 15.0 Å². The van der Waals surface area contributed by atoms with Crippen molar-refractivity contribution in [3.8, 4) is 0 Å². The molecule has 3 heterocycles. The van der Waals surface area contributed by atoms with Gasteiger partial charge >= 0.3 is 0 Å².